The molecular weight excluding hydrogens is 291 g/mol. The Hall–Kier alpha value is -2.39. The Labute approximate surface area is 123 Å². The van der Waals surface area contributed by atoms with Crippen LogP contribution in [0.2, 0.25) is 0 Å². The zero-order valence-electron chi connectivity index (χ0n) is 11.3. The van der Waals surface area contributed by atoms with Gasteiger partial charge >= 0.3 is 0 Å². The molecule has 4 nitrogen and oxygen atoms in total. The zero-order chi connectivity index (χ0) is 15.5. The molecule has 0 fully saturated rings. The zero-order valence-corrected chi connectivity index (χ0v) is 12.1. The first-order chi connectivity index (χ1) is 9.94. The van der Waals surface area contributed by atoms with E-state index in [-0.39, 0.29) is 5.56 Å². The summed E-state index contributed by atoms with van der Waals surface area (Å²) in [5.41, 5.74) is 0.839. The van der Waals surface area contributed by atoms with Crippen LogP contribution in [0.4, 0.5) is 10.1 Å². The minimum absolute atomic E-state index is 0.112. The molecule has 0 heterocycles. The molecule has 6 heteroatoms. The molecule has 0 aromatic heterocycles. The van der Waals surface area contributed by atoms with Crippen LogP contribution in [0.15, 0.2) is 48.5 Å². The molecule has 0 saturated carbocycles. The number of rotatable bonds is 4. The first-order valence-electron chi connectivity index (χ1n) is 6.14. The van der Waals surface area contributed by atoms with Crippen molar-refractivity contribution in [2.45, 2.75) is 5.75 Å². The van der Waals surface area contributed by atoms with Gasteiger partial charge in [-0.2, -0.15) is 5.26 Å². The molecular formula is C15H13FN2O2S. The Morgan fingerprint density at radius 3 is 2.57 bits per heavy atom. The van der Waals surface area contributed by atoms with E-state index in [9.17, 15) is 12.8 Å². The van der Waals surface area contributed by atoms with Crippen LogP contribution >= 0.6 is 0 Å². The number of halogens is 1. The molecule has 0 bridgehead atoms. The summed E-state index contributed by atoms with van der Waals surface area (Å²) in [5.74, 6) is -0.993. The quantitative estimate of drug-likeness (QED) is 0.872. The fourth-order valence-electron chi connectivity index (χ4n) is 1.84. The molecule has 0 saturated heterocycles. The molecule has 0 radical (unpaired) electrons. The maximum atomic E-state index is 13.6. The van der Waals surface area contributed by atoms with Crippen LogP contribution in [0.5, 0.6) is 0 Å². The Morgan fingerprint density at radius 1 is 1.19 bits per heavy atom. The number of benzene rings is 2. The SMILES string of the molecule is CN(c1cccc(C#N)c1)S(=O)(=O)Cc1ccccc1F. The van der Waals surface area contributed by atoms with Gasteiger partial charge in [0.2, 0.25) is 10.0 Å². The van der Waals surface area contributed by atoms with Gasteiger partial charge in [0.1, 0.15) is 5.82 Å². The maximum absolute atomic E-state index is 13.6. The van der Waals surface area contributed by atoms with Crippen LogP contribution in [0.3, 0.4) is 0 Å². The third-order valence-corrected chi connectivity index (χ3v) is 4.77. The summed E-state index contributed by atoms with van der Waals surface area (Å²) in [6.07, 6.45) is 0. The van der Waals surface area contributed by atoms with Crippen molar-refractivity contribution >= 4 is 15.7 Å². The lowest BCUT2D eigenvalue weighted by atomic mass is 10.2. The molecule has 0 amide bonds. The Balaban J connectivity index is 2.31. The fourth-order valence-corrected chi connectivity index (χ4v) is 3.10. The topological polar surface area (TPSA) is 61.2 Å². The predicted octanol–water partition coefficient (Wildman–Crippen LogP) is 2.66. The number of nitrogens with zero attached hydrogens (tertiary/aromatic N) is 2. The number of anilines is 1. The molecule has 0 spiro atoms. The largest absolute Gasteiger partial charge is 0.273 e. The van der Waals surface area contributed by atoms with Crippen LogP contribution in [-0.4, -0.2) is 15.5 Å². The van der Waals surface area contributed by atoms with E-state index in [0.717, 1.165) is 4.31 Å². The Morgan fingerprint density at radius 2 is 1.90 bits per heavy atom. The smallest absolute Gasteiger partial charge is 0.239 e. The van der Waals surface area contributed by atoms with Crippen LogP contribution in [0.1, 0.15) is 11.1 Å². The minimum Gasteiger partial charge on any atom is -0.273 e. The van der Waals surface area contributed by atoms with Crippen LogP contribution in [0, 0.1) is 17.1 Å². The van der Waals surface area contributed by atoms with Crippen molar-refractivity contribution < 1.29 is 12.8 Å². The van der Waals surface area contributed by atoms with Gasteiger partial charge in [0.25, 0.3) is 0 Å². The van der Waals surface area contributed by atoms with Crippen molar-refractivity contribution in [1.29, 1.82) is 5.26 Å². The molecule has 0 N–H and O–H groups in total. The molecule has 21 heavy (non-hydrogen) atoms. The highest BCUT2D eigenvalue weighted by Gasteiger charge is 2.21. The van der Waals surface area contributed by atoms with Crippen molar-refractivity contribution in [2.24, 2.45) is 0 Å². The number of nitriles is 1. The van der Waals surface area contributed by atoms with Gasteiger partial charge in [-0.05, 0) is 24.3 Å². The van der Waals surface area contributed by atoms with E-state index in [0.29, 0.717) is 11.3 Å². The monoisotopic (exact) mass is 304 g/mol. The van der Waals surface area contributed by atoms with E-state index in [2.05, 4.69) is 0 Å². The van der Waals surface area contributed by atoms with Gasteiger partial charge in [0.05, 0.1) is 23.1 Å². The lowest BCUT2D eigenvalue weighted by Gasteiger charge is -2.19. The molecule has 2 rings (SSSR count). The molecule has 0 aliphatic carbocycles. The second kappa shape index (κ2) is 5.94. The third-order valence-electron chi connectivity index (χ3n) is 3.05. The molecule has 108 valence electrons. The van der Waals surface area contributed by atoms with Crippen molar-refractivity contribution in [3.8, 4) is 6.07 Å². The summed E-state index contributed by atoms with van der Waals surface area (Å²) < 4.78 is 39.3. The van der Waals surface area contributed by atoms with Gasteiger partial charge in [-0.3, -0.25) is 4.31 Å². The van der Waals surface area contributed by atoms with E-state index < -0.39 is 21.6 Å². The van der Waals surface area contributed by atoms with Crippen LogP contribution < -0.4 is 4.31 Å². The summed E-state index contributed by atoms with van der Waals surface area (Å²) >= 11 is 0. The van der Waals surface area contributed by atoms with Crippen molar-refractivity contribution in [1.82, 2.24) is 0 Å². The van der Waals surface area contributed by atoms with Crippen molar-refractivity contribution in [2.75, 3.05) is 11.4 Å². The summed E-state index contributed by atoms with van der Waals surface area (Å²) in [6, 6.07) is 13.9. The van der Waals surface area contributed by atoms with Gasteiger partial charge in [-0.15, -0.1) is 0 Å². The highest BCUT2D eigenvalue weighted by Crippen LogP contribution is 2.21. The van der Waals surface area contributed by atoms with Gasteiger partial charge in [-0.25, -0.2) is 12.8 Å². The average Bonchev–Trinajstić information content (AvgIpc) is 2.48. The summed E-state index contributed by atoms with van der Waals surface area (Å²) in [7, 11) is -2.35. The summed E-state index contributed by atoms with van der Waals surface area (Å²) in [4.78, 5) is 0. The number of hydrogen-bond donors (Lipinski definition) is 0. The van der Waals surface area contributed by atoms with Gasteiger partial charge in [0, 0.05) is 12.6 Å². The summed E-state index contributed by atoms with van der Waals surface area (Å²) in [6.45, 7) is 0. The van der Waals surface area contributed by atoms with Crippen LogP contribution in [0.25, 0.3) is 0 Å². The van der Waals surface area contributed by atoms with E-state index in [1.54, 1.807) is 24.3 Å². The highest BCUT2D eigenvalue weighted by molar-refractivity contribution is 7.92. The highest BCUT2D eigenvalue weighted by atomic mass is 32.2. The molecule has 0 atom stereocenters. The van der Waals surface area contributed by atoms with Crippen molar-refractivity contribution in [3.63, 3.8) is 0 Å². The molecule has 2 aromatic rings. The van der Waals surface area contributed by atoms with E-state index in [1.807, 2.05) is 6.07 Å². The lowest BCUT2D eigenvalue weighted by molar-refractivity contribution is 0.585. The lowest BCUT2D eigenvalue weighted by Crippen LogP contribution is -2.28. The standard InChI is InChI=1S/C15H13FN2O2S/c1-18(14-7-4-5-12(9-14)10-17)21(19,20)11-13-6-2-3-8-15(13)16/h2-9H,11H2,1H3. The van der Waals surface area contributed by atoms with E-state index in [1.165, 1.54) is 31.3 Å². The van der Waals surface area contributed by atoms with Gasteiger partial charge < -0.3 is 0 Å². The van der Waals surface area contributed by atoms with Crippen LogP contribution in [-0.2, 0) is 15.8 Å². The van der Waals surface area contributed by atoms with Gasteiger partial charge in [-0.1, -0.05) is 24.3 Å². The first kappa shape index (κ1) is 15.0. The second-order valence-corrected chi connectivity index (χ2v) is 6.48. The number of sulfonamides is 1. The molecule has 0 aliphatic rings. The summed E-state index contributed by atoms with van der Waals surface area (Å²) in [5, 5.41) is 8.85. The predicted molar refractivity (Wildman–Crippen MR) is 78.6 cm³/mol. The fraction of sp³-hybridized carbons (Fsp3) is 0.133. The minimum atomic E-state index is -3.73. The average molecular weight is 304 g/mol. The Kier molecular flexibility index (Phi) is 4.24. The molecule has 0 unspecified atom stereocenters. The molecule has 2 aromatic carbocycles. The van der Waals surface area contributed by atoms with Crippen molar-refractivity contribution in [3.05, 3.63) is 65.5 Å². The first-order valence-corrected chi connectivity index (χ1v) is 7.75. The number of hydrogen-bond acceptors (Lipinski definition) is 3. The van der Waals surface area contributed by atoms with Gasteiger partial charge in [0.15, 0.2) is 0 Å². The third kappa shape index (κ3) is 3.38. The normalized spacial score (nSPS) is 10.9. The molecule has 0 aliphatic heterocycles. The van der Waals surface area contributed by atoms with E-state index in [4.69, 9.17) is 5.26 Å². The Bertz CT molecular complexity index is 797. The van der Waals surface area contributed by atoms with E-state index >= 15 is 0 Å². The maximum Gasteiger partial charge on any atom is 0.239 e. The second-order valence-electron chi connectivity index (χ2n) is 4.48.